The summed E-state index contributed by atoms with van der Waals surface area (Å²) >= 11 is 0. The second kappa shape index (κ2) is 8.79. The van der Waals surface area contributed by atoms with Crippen LogP contribution in [0.2, 0.25) is 0 Å². The van der Waals surface area contributed by atoms with Crippen LogP contribution in [-0.4, -0.2) is 59.0 Å². The number of aryl methyl sites for hydroxylation is 2. The number of carbonyl (C=O) groups is 2. The highest BCUT2D eigenvalue weighted by Crippen LogP contribution is 2.16. The molecule has 1 aliphatic rings. The number of carbonyl (C=O) groups excluding carboxylic acids is 2. The van der Waals surface area contributed by atoms with Crippen molar-refractivity contribution in [2.75, 3.05) is 36.4 Å². The molecular formula is C20H26N6O2. The highest BCUT2D eigenvalue weighted by molar-refractivity contribution is 6.03. The second-order valence-corrected chi connectivity index (χ2v) is 7.01. The van der Waals surface area contributed by atoms with Gasteiger partial charge in [-0.2, -0.15) is 0 Å². The average molecular weight is 382 g/mol. The molecule has 0 spiro atoms. The fraction of sp³-hybridized carbons (Fsp3) is 0.400. The summed E-state index contributed by atoms with van der Waals surface area (Å²) < 4.78 is 0. The summed E-state index contributed by atoms with van der Waals surface area (Å²) in [5.41, 5.74) is 2.77. The normalized spacial score (nSPS) is 15.8. The predicted molar refractivity (Wildman–Crippen MR) is 108 cm³/mol. The Morgan fingerprint density at radius 1 is 1.07 bits per heavy atom. The number of hydrogen-bond donors (Lipinski definition) is 2. The Kier molecular flexibility index (Phi) is 6.20. The number of urea groups is 1. The van der Waals surface area contributed by atoms with E-state index in [1.807, 2.05) is 39.0 Å². The van der Waals surface area contributed by atoms with E-state index in [9.17, 15) is 9.59 Å². The minimum Gasteiger partial charge on any atom is -0.338 e. The topological polar surface area (TPSA) is 90.5 Å². The van der Waals surface area contributed by atoms with Gasteiger partial charge in [0.05, 0.1) is 6.04 Å². The van der Waals surface area contributed by atoms with Crippen LogP contribution in [0, 0.1) is 13.8 Å². The number of hydrogen-bond acceptors (Lipinski definition) is 6. The number of amides is 3. The van der Waals surface area contributed by atoms with Crippen LogP contribution in [0.5, 0.6) is 0 Å². The monoisotopic (exact) mass is 382 g/mol. The molecule has 1 aromatic heterocycles. The Morgan fingerprint density at radius 2 is 1.75 bits per heavy atom. The van der Waals surface area contributed by atoms with Crippen LogP contribution in [0.15, 0.2) is 36.7 Å². The third kappa shape index (κ3) is 4.83. The quantitative estimate of drug-likeness (QED) is 0.840. The molecule has 1 aliphatic heterocycles. The molecule has 8 heteroatoms. The molecule has 2 N–H and O–H groups in total. The van der Waals surface area contributed by atoms with Crippen molar-refractivity contribution in [3.63, 3.8) is 0 Å². The Balaban J connectivity index is 1.50. The lowest BCUT2D eigenvalue weighted by molar-refractivity contribution is -0.124. The molecule has 0 saturated carbocycles. The van der Waals surface area contributed by atoms with Crippen LogP contribution in [-0.2, 0) is 4.79 Å². The lowest BCUT2D eigenvalue weighted by Crippen LogP contribution is -2.55. The van der Waals surface area contributed by atoms with E-state index in [-0.39, 0.29) is 5.91 Å². The van der Waals surface area contributed by atoms with Gasteiger partial charge in [-0.3, -0.25) is 15.0 Å². The van der Waals surface area contributed by atoms with Crippen LogP contribution in [0.3, 0.4) is 0 Å². The van der Waals surface area contributed by atoms with Crippen molar-refractivity contribution in [2.45, 2.75) is 26.8 Å². The van der Waals surface area contributed by atoms with Crippen LogP contribution in [0.1, 0.15) is 18.1 Å². The van der Waals surface area contributed by atoms with Crippen LogP contribution < -0.4 is 15.5 Å². The third-order valence-electron chi connectivity index (χ3n) is 4.94. The van der Waals surface area contributed by atoms with Gasteiger partial charge in [-0.1, -0.05) is 17.7 Å². The maximum atomic E-state index is 12.5. The molecule has 0 radical (unpaired) electrons. The van der Waals surface area contributed by atoms with Crippen molar-refractivity contribution in [1.82, 2.24) is 20.2 Å². The third-order valence-corrected chi connectivity index (χ3v) is 4.94. The summed E-state index contributed by atoms with van der Waals surface area (Å²) in [4.78, 5) is 37.4. The van der Waals surface area contributed by atoms with Crippen LogP contribution in [0.4, 0.5) is 16.4 Å². The molecule has 2 aromatic rings. The van der Waals surface area contributed by atoms with Gasteiger partial charge < -0.3 is 10.2 Å². The minimum atomic E-state index is -0.514. The van der Waals surface area contributed by atoms with Crippen molar-refractivity contribution in [3.05, 3.63) is 47.8 Å². The van der Waals surface area contributed by atoms with Gasteiger partial charge in [-0.15, -0.1) is 0 Å². The van der Waals surface area contributed by atoms with Gasteiger partial charge in [0, 0.05) is 44.3 Å². The average Bonchev–Trinajstić information content (AvgIpc) is 2.70. The first-order valence-corrected chi connectivity index (χ1v) is 9.39. The zero-order chi connectivity index (χ0) is 20.1. The first kappa shape index (κ1) is 19.8. The highest BCUT2D eigenvalue weighted by atomic mass is 16.2. The fourth-order valence-electron chi connectivity index (χ4n) is 3.25. The highest BCUT2D eigenvalue weighted by Gasteiger charge is 2.27. The minimum absolute atomic E-state index is 0.313. The molecule has 0 aliphatic carbocycles. The van der Waals surface area contributed by atoms with Gasteiger partial charge in [-0.25, -0.2) is 14.8 Å². The number of rotatable bonds is 4. The van der Waals surface area contributed by atoms with Gasteiger partial charge in [0.1, 0.15) is 0 Å². The van der Waals surface area contributed by atoms with Gasteiger partial charge in [-0.05, 0) is 38.5 Å². The lowest BCUT2D eigenvalue weighted by atomic mass is 10.1. The number of piperazine rings is 1. The van der Waals surface area contributed by atoms with Gasteiger partial charge in [0.15, 0.2) is 0 Å². The number of nitrogens with zero attached hydrogens (tertiary/aromatic N) is 4. The molecule has 28 heavy (non-hydrogen) atoms. The molecule has 148 valence electrons. The number of benzene rings is 1. The number of nitrogens with one attached hydrogen (secondary N) is 2. The second-order valence-electron chi connectivity index (χ2n) is 7.01. The largest absolute Gasteiger partial charge is 0.338 e. The molecule has 2 heterocycles. The lowest BCUT2D eigenvalue weighted by Gasteiger charge is -2.37. The van der Waals surface area contributed by atoms with E-state index in [0.717, 1.165) is 24.2 Å². The van der Waals surface area contributed by atoms with Crippen LogP contribution >= 0.6 is 0 Å². The summed E-state index contributed by atoms with van der Waals surface area (Å²) in [7, 11) is 0. The van der Waals surface area contributed by atoms with Gasteiger partial charge in [0.2, 0.25) is 11.9 Å². The van der Waals surface area contributed by atoms with E-state index in [2.05, 4.69) is 30.4 Å². The maximum absolute atomic E-state index is 12.5. The molecule has 3 rings (SSSR count). The Bertz CT molecular complexity index is 834. The van der Waals surface area contributed by atoms with Crippen molar-refractivity contribution in [2.24, 2.45) is 0 Å². The van der Waals surface area contributed by atoms with Crippen LogP contribution in [0.25, 0.3) is 0 Å². The zero-order valence-corrected chi connectivity index (χ0v) is 16.5. The van der Waals surface area contributed by atoms with Gasteiger partial charge >= 0.3 is 6.03 Å². The predicted octanol–water partition coefficient (Wildman–Crippen LogP) is 1.95. The summed E-state index contributed by atoms with van der Waals surface area (Å²) in [6.45, 7) is 8.59. The molecule has 8 nitrogen and oxygen atoms in total. The molecule has 0 bridgehead atoms. The van der Waals surface area contributed by atoms with Crippen molar-refractivity contribution in [1.29, 1.82) is 0 Å². The van der Waals surface area contributed by atoms with E-state index in [0.29, 0.717) is 24.7 Å². The van der Waals surface area contributed by atoms with Crippen molar-refractivity contribution in [3.8, 4) is 0 Å². The number of imide groups is 1. The van der Waals surface area contributed by atoms with E-state index in [1.54, 1.807) is 18.5 Å². The first-order valence-electron chi connectivity index (χ1n) is 9.39. The SMILES string of the molecule is Cc1ccc(NC(=O)NC(=O)C(C)N2CCN(c3ncccn3)CC2)c(C)c1. The Morgan fingerprint density at radius 3 is 2.39 bits per heavy atom. The van der Waals surface area contributed by atoms with Gasteiger partial charge in [0.25, 0.3) is 0 Å². The van der Waals surface area contributed by atoms with E-state index >= 15 is 0 Å². The molecule has 1 fully saturated rings. The van der Waals surface area contributed by atoms with Crippen molar-refractivity contribution < 1.29 is 9.59 Å². The molecule has 1 saturated heterocycles. The number of aromatic nitrogens is 2. The standard InChI is InChI=1S/C20H26N6O2/c1-14-5-6-17(15(2)13-14)23-20(28)24-18(27)16(3)25-9-11-26(12-10-25)19-21-7-4-8-22-19/h4-8,13,16H,9-12H2,1-3H3,(H2,23,24,27,28). The molecule has 3 amide bonds. The molecule has 1 atom stereocenters. The molecule has 1 unspecified atom stereocenters. The summed E-state index contributed by atoms with van der Waals surface area (Å²) in [6, 6.07) is 6.61. The Labute approximate surface area is 165 Å². The van der Waals surface area contributed by atoms with E-state index < -0.39 is 12.1 Å². The summed E-state index contributed by atoms with van der Waals surface area (Å²) in [5, 5.41) is 5.18. The smallest absolute Gasteiger partial charge is 0.325 e. The van der Waals surface area contributed by atoms with Crippen molar-refractivity contribution >= 4 is 23.6 Å². The zero-order valence-electron chi connectivity index (χ0n) is 16.5. The maximum Gasteiger partial charge on any atom is 0.325 e. The van der Waals surface area contributed by atoms with E-state index in [1.165, 1.54) is 0 Å². The molecule has 1 aromatic carbocycles. The Hall–Kier alpha value is -3.00. The first-order chi connectivity index (χ1) is 13.4. The number of anilines is 2. The van der Waals surface area contributed by atoms with E-state index in [4.69, 9.17) is 0 Å². The molecular weight excluding hydrogens is 356 g/mol. The summed E-state index contributed by atoms with van der Waals surface area (Å²) in [5.74, 6) is 0.388. The fourth-order valence-corrected chi connectivity index (χ4v) is 3.25. The summed E-state index contributed by atoms with van der Waals surface area (Å²) in [6.07, 6.45) is 3.44.